The Labute approximate surface area is 98.0 Å². The Morgan fingerprint density at radius 2 is 2.06 bits per heavy atom. The van der Waals surface area contributed by atoms with Gasteiger partial charge in [0.2, 0.25) is 5.91 Å². The van der Waals surface area contributed by atoms with Gasteiger partial charge >= 0.3 is 0 Å². The van der Waals surface area contributed by atoms with Crippen LogP contribution in [0.25, 0.3) is 0 Å². The summed E-state index contributed by atoms with van der Waals surface area (Å²) in [5.74, 6) is 0.168. The van der Waals surface area contributed by atoms with Crippen LogP contribution in [0.3, 0.4) is 0 Å². The van der Waals surface area contributed by atoms with Crippen LogP contribution in [0.1, 0.15) is 39.5 Å². The van der Waals surface area contributed by atoms with Gasteiger partial charge in [-0.05, 0) is 26.2 Å². The Balaban J connectivity index is 2.22. The summed E-state index contributed by atoms with van der Waals surface area (Å²) >= 11 is 0. The molecule has 0 aromatic heterocycles. The highest BCUT2D eigenvalue weighted by Crippen LogP contribution is 2.09. The lowest BCUT2D eigenvalue weighted by molar-refractivity contribution is -0.132. The highest BCUT2D eigenvalue weighted by atomic mass is 16.3. The third-order valence-corrected chi connectivity index (χ3v) is 3.07. The van der Waals surface area contributed by atoms with Crippen LogP contribution in [0.15, 0.2) is 0 Å². The summed E-state index contributed by atoms with van der Waals surface area (Å²) in [6.07, 6.45) is 3.67. The van der Waals surface area contributed by atoms with Crippen molar-refractivity contribution in [2.45, 2.75) is 51.7 Å². The number of aliphatic hydroxyl groups excluding tert-OH is 1. The van der Waals surface area contributed by atoms with Gasteiger partial charge in [-0.15, -0.1) is 0 Å². The largest absolute Gasteiger partial charge is 0.392 e. The van der Waals surface area contributed by atoms with E-state index in [4.69, 9.17) is 0 Å². The zero-order chi connectivity index (χ0) is 12.0. The number of nitrogens with zero attached hydrogens (tertiary/aromatic N) is 1. The molecule has 16 heavy (non-hydrogen) atoms. The number of nitrogens with one attached hydrogen (secondary N) is 1. The first-order valence-corrected chi connectivity index (χ1v) is 6.35. The zero-order valence-corrected chi connectivity index (χ0v) is 10.4. The molecule has 0 aromatic carbocycles. The van der Waals surface area contributed by atoms with Crippen molar-refractivity contribution >= 4 is 5.91 Å². The van der Waals surface area contributed by atoms with Crippen molar-refractivity contribution in [2.75, 3.05) is 19.6 Å². The van der Waals surface area contributed by atoms with Gasteiger partial charge in [0, 0.05) is 19.6 Å². The molecule has 1 rings (SSSR count). The van der Waals surface area contributed by atoms with Crippen molar-refractivity contribution in [3.05, 3.63) is 0 Å². The number of hydrogen-bond acceptors (Lipinski definition) is 3. The van der Waals surface area contributed by atoms with Crippen LogP contribution in [0.4, 0.5) is 0 Å². The number of carbonyl (C=O) groups is 1. The van der Waals surface area contributed by atoms with Gasteiger partial charge in [0.25, 0.3) is 0 Å². The van der Waals surface area contributed by atoms with E-state index in [1.54, 1.807) is 0 Å². The minimum Gasteiger partial charge on any atom is -0.392 e. The van der Waals surface area contributed by atoms with E-state index in [2.05, 4.69) is 5.32 Å². The fraction of sp³-hybridized carbons (Fsp3) is 0.917. The number of carbonyl (C=O) groups excluding carboxylic acids is 1. The van der Waals surface area contributed by atoms with Crippen LogP contribution in [0.5, 0.6) is 0 Å². The smallest absolute Gasteiger partial charge is 0.239 e. The van der Waals surface area contributed by atoms with Crippen LogP contribution in [0, 0.1) is 0 Å². The highest BCUT2D eigenvalue weighted by Gasteiger charge is 2.22. The van der Waals surface area contributed by atoms with Gasteiger partial charge in [0.1, 0.15) is 0 Å². The summed E-state index contributed by atoms with van der Waals surface area (Å²) < 4.78 is 0. The van der Waals surface area contributed by atoms with Crippen molar-refractivity contribution in [1.29, 1.82) is 0 Å². The monoisotopic (exact) mass is 228 g/mol. The second kappa shape index (κ2) is 6.86. The second-order valence-corrected chi connectivity index (χ2v) is 4.60. The lowest BCUT2D eigenvalue weighted by atomic mass is 10.2. The first-order valence-electron chi connectivity index (χ1n) is 6.35. The Morgan fingerprint density at radius 1 is 1.44 bits per heavy atom. The van der Waals surface area contributed by atoms with E-state index in [0.29, 0.717) is 6.54 Å². The third kappa shape index (κ3) is 4.10. The molecule has 0 aliphatic carbocycles. The van der Waals surface area contributed by atoms with E-state index >= 15 is 0 Å². The maximum absolute atomic E-state index is 11.9. The predicted molar refractivity (Wildman–Crippen MR) is 64.2 cm³/mol. The number of amides is 1. The van der Waals surface area contributed by atoms with E-state index in [1.807, 2.05) is 18.7 Å². The number of rotatable bonds is 6. The minimum absolute atomic E-state index is 0.168. The molecular weight excluding hydrogens is 204 g/mol. The minimum atomic E-state index is -0.334. The molecular formula is C12H24N2O2. The highest BCUT2D eigenvalue weighted by molar-refractivity contribution is 5.81. The zero-order valence-electron chi connectivity index (χ0n) is 10.4. The van der Waals surface area contributed by atoms with Gasteiger partial charge in [-0.1, -0.05) is 13.3 Å². The standard InChI is InChI=1S/C12H24N2O2/c1-3-6-11(15)9-13-10(2)12(16)14-7-4-5-8-14/h10-11,13,15H,3-9H2,1-2H3. The molecule has 0 aromatic rings. The molecule has 1 aliphatic rings. The Bertz CT molecular complexity index is 215. The number of likely N-dealkylation sites (tertiary alicyclic amines) is 1. The Kier molecular flexibility index (Phi) is 5.77. The summed E-state index contributed by atoms with van der Waals surface area (Å²) in [5.41, 5.74) is 0. The summed E-state index contributed by atoms with van der Waals surface area (Å²) in [6, 6.07) is -0.176. The predicted octanol–water partition coefficient (Wildman–Crippen LogP) is 0.748. The Morgan fingerprint density at radius 3 is 2.62 bits per heavy atom. The van der Waals surface area contributed by atoms with E-state index in [-0.39, 0.29) is 18.1 Å². The van der Waals surface area contributed by atoms with Crippen LogP contribution in [-0.2, 0) is 4.79 Å². The summed E-state index contributed by atoms with van der Waals surface area (Å²) in [7, 11) is 0. The van der Waals surface area contributed by atoms with Crippen molar-refractivity contribution in [3.8, 4) is 0 Å². The molecule has 94 valence electrons. The molecule has 2 N–H and O–H groups in total. The molecule has 1 amide bonds. The van der Waals surface area contributed by atoms with Crippen molar-refractivity contribution < 1.29 is 9.90 Å². The van der Waals surface area contributed by atoms with E-state index in [1.165, 1.54) is 0 Å². The van der Waals surface area contributed by atoms with Gasteiger partial charge in [0.05, 0.1) is 12.1 Å². The van der Waals surface area contributed by atoms with Crippen LogP contribution >= 0.6 is 0 Å². The average Bonchev–Trinajstić information content (AvgIpc) is 2.78. The molecule has 0 radical (unpaired) electrons. The molecule has 4 nitrogen and oxygen atoms in total. The number of aliphatic hydroxyl groups is 1. The van der Waals surface area contributed by atoms with Crippen LogP contribution in [-0.4, -0.2) is 47.7 Å². The van der Waals surface area contributed by atoms with Gasteiger partial charge < -0.3 is 15.3 Å². The lowest BCUT2D eigenvalue weighted by Gasteiger charge is -2.22. The summed E-state index contributed by atoms with van der Waals surface area (Å²) in [4.78, 5) is 13.8. The van der Waals surface area contributed by atoms with Crippen LogP contribution in [0.2, 0.25) is 0 Å². The number of hydrogen-bond donors (Lipinski definition) is 2. The maximum atomic E-state index is 11.9. The normalized spacial score (nSPS) is 19.8. The van der Waals surface area contributed by atoms with E-state index in [9.17, 15) is 9.90 Å². The van der Waals surface area contributed by atoms with Crippen LogP contribution < -0.4 is 5.32 Å². The van der Waals surface area contributed by atoms with Gasteiger partial charge in [0.15, 0.2) is 0 Å². The Hall–Kier alpha value is -0.610. The molecule has 1 aliphatic heterocycles. The molecule has 0 saturated carbocycles. The summed E-state index contributed by atoms with van der Waals surface area (Å²) in [5, 5.41) is 12.7. The first kappa shape index (κ1) is 13.5. The molecule has 1 heterocycles. The molecule has 4 heteroatoms. The van der Waals surface area contributed by atoms with Gasteiger partial charge in [-0.3, -0.25) is 4.79 Å². The van der Waals surface area contributed by atoms with Crippen molar-refractivity contribution in [2.24, 2.45) is 0 Å². The van der Waals surface area contributed by atoms with Gasteiger partial charge in [-0.25, -0.2) is 0 Å². The SMILES string of the molecule is CCCC(O)CNC(C)C(=O)N1CCCC1. The molecule has 2 unspecified atom stereocenters. The summed E-state index contributed by atoms with van der Waals surface area (Å²) in [6.45, 7) is 6.21. The lowest BCUT2D eigenvalue weighted by Crippen LogP contribution is -2.45. The van der Waals surface area contributed by atoms with Gasteiger partial charge in [-0.2, -0.15) is 0 Å². The second-order valence-electron chi connectivity index (χ2n) is 4.60. The molecule has 2 atom stereocenters. The van der Waals surface area contributed by atoms with Crippen molar-refractivity contribution in [3.63, 3.8) is 0 Å². The first-order chi connectivity index (χ1) is 7.65. The molecule has 0 bridgehead atoms. The average molecular weight is 228 g/mol. The quantitative estimate of drug-likeness (QED) is 0.705. The van der Waals surface area contributed by atoms with E-state index in [0.717, 1.165) is 38.8 Å². The van der Waals surface area contributed by atoms with Crippen molar-refractivity contribution in [1.82, 2.24) is 10.2 Å². The topological polar surface area (TPSA) is 52.6 Å². The fourth-order valence-electron chi connectivity index (χ4n) is 2.05. The molecule has 0 spiro atoms. The third-order valence-electron chi connectivity index (χ3n) is 3.07. The fourth-order valence-corrected chi connectivity index (χ4v) is 2.05. The van der Waals surface area contributed by atoms with E-state index < -0.39 is 0 Å². The maximum Gasteiger partial charge on any atom is 0.239 e. The molecule has 1 saturated heterocycles. The molecule has 1 fully saturated rings.